The van der Waals surface area contributed by atoms with Crippen molar-refractivity contribution in [2.75, 3.05) is 24.2 Å². The summed E-state index contributed by atoms with van der Waals surface area (Å²) in [5, 5.41) is 2.92. The fraction of sp³-hybridized carbons (Fsp3) is 0.481. The van der Waals surface area contributed by atoms with Gasteiger partial charge in [0, 0.05) is 31.6 Å². The van der Waals surface area contributed by atoms with Crippen LogP contribution >= 0.6 is 0 Å². The fourth-order valence-electron chi connectivity index (χ4n) is 4.08. The molecule has 0 aromatic heterocycles. The lowest BCUT2D eigenvalue weighted by atomic mass is 10.1. The van der Waals surface area contributed by atoms with Gasteiger partial charge in [0.15, 0.2) is 0 Å². The van der Waals surface area contributed by atoms with Gasteiger partial charge in [-0.1, -0.05) is 42.8 Å². The minimum absolute atomic E-state index is 0.0475. The van der Waals surface area contributed by atoms with Gasteiger partial charge in [0.05, 0.1) is 19.1 Å². The first-order valence-electron chi connectivity index (χ1n) is 12.2. The number of hydrogen-bond donors (Lipinski definition) is 1. The third kappa shape index (κ3) is 8.55. The molecule has 8 nitrogen and oxygen atoms in total. The van der Waals surface area contributed by atoms with Crippen LogP contribution in [0.15, 0.2) is 48.5 Å². The highest BCUT2D eigenvalue weighted by Gasteiger charge is 2.29. The topological polar surface area (TPSA) is 96.0 Å². The largest absolute Gasteiger partial charge is 0.497 e. The first-order chi connectivity index (χ1) is 17.0. The first-order valence-corrected chi connectivity index (χ1v) is 14.1. The lowest BCUT2D eigenvalue weighted by molar-refractivity contribution is -0.141. The number of nitrogens with zero attached hydrogens (tertiary/aromatic N) is 2. The number of carbonyl (C=O) groups excluding carboxylic acids is 2. The molecule has 2 aromatic carbocycles. The van der Waals surface area contributed by atoms with Crippen molar-refractivity contribution in [1.29, 1.82) is 0 Å². The van der Waals surface area contributed by atoms with Crippen LogP contribution in [0.3, 0.4) is 0 Å². The fourth-order valence-corrected chi connectivity index (χ4v) is 5.03. The summed E-state index contributed by atoms with van der Waals surface area (Å²) in [7, 11) is -2.05. The second-order valence-electron chi connectivity index (χ2n) is 9.24. The van der Waals surface area contributed by atoms with Gasteiger partial charge in [-0.3, -0.25) is 13.9 Å². The Morgan fingerprint density at radius 2 is 1.78 bits per heavy atom. The van der Waals surface area contributed by atoms with E-state index in [9.17, 15) is 18.0 Å². The molecule has 0 saturated carbocycles. The smallest absolute Gasteiger partial charge is 0.243 e. The van der Waals surface area contributed by atoms with E-state index in [-0.39, 0.29) is 30.8 Å². The van der Waals surface area contributed by atoms with Crippen molar-refractivity contribution >= 4 is 27.5 Å². The van der Waals surface area contributed by atoms with E-state index in [4.69, 9.17) is 4.74 Å². The maximum Gasteiger partial charge on any atom is 0.243 e. The molecule has 0 aliphatic rings. The Bertz CT molecular complexity index is 1130. The number of sulfonamides is 1. The minimum atomic E-state index is -3.57. The van der Waals surface area contributed by atoms with Crippen LogP contribution in [0.5, 0.6) is 5.75 Å². The van der Waals surface area contributed by atoms with E-state index in [0.717, 1.165) is 17.4 Å². The van der Waals surface area contributed by atoms with Gasteiger partial charge in [-0.05, 0) is 51.3 Å². The van der Waals surface area contributed by atoms with Crippen molar-refractivity contribution in [3.63, 3.8) is 0 Å². The van der Waals surface area contributed by atoms with Crippen LogP contribution in [0, 0.1) is 6.92 Å². The predicted molar refractivity (Wildman–Crippen MR) is 144 cm³/mol. The zero-order valence-corrected chi connectivity index (χ0v) is 23.0. The molecule has 198 valence electrons. The van der Waals surface area contributed by atoms with Gasteiger partial charge in [-0.25, -0.2) is 8.42 Å². The number of carbonyl (C=O) groups is 2. The van der Waals surface area contributed by atoms with E-state index in [1.54, 1.807) is 29.2 Å². The predicted octanol–water partition coefficient (Wildman–Crippen LogP) is 3.88. The van der Waals surface area contributed by atoms with E-state index in [1.807, 2.05) is 52.0 Å². The van der Waals surface area contributed by atoms with Crippen molar-refractivity contribution in [3.05, 3.63) is 59.7 Å². The first kappa shape index (κ1) is 29.2. The number of amides is 2. The highest BCUT2D eigenvalue weighted by molar-refractivity contribution is 7.92. The maximum atomic E-state index is 13.4. The molecule has 9 heteroatoms. The lowest BCUT2D eigenvalue weighted by Crippen LogP contribution is -2.50. The Kier molecular flexibility index (Phi) is 10.8. The molecule has 0 heterocycles. The van der Waals surface area contributed by atoms with Crippen molar-refractivity contribution in [2.24, 2.45) is 0 Å². The van der Waals surface area contributed by atoms with Gasteiger partial charge < -0.3 is 15.0 Å². The molecule has 0 bridgehead atoms. The van der Waals surface area contributed by atoms with Crippen LogP contribution in [0.2, 0.25) is 0 Å². The number of aryl methyl sites for hydroxylation is 1. The summed E-state index contributed by atoms with van der Waals surface area (Å²) in [6.07, 6.45) is 2.01. The van der Waals surface area contributed by atoms with Gasteiger partial charge in [0.1, 0.15) is 11.8 Å². The minimum Gasteiger partial charge on any atom is -0.497 e. The molecule has 36 heavy (non-hydrogen) atoms. The average Bonchev–Trinajstić information content (AvgIpc) is 2.80. The zero-order valence-electron chi connectivity index (χ0n) is 22.2. The van der Waals surface area contributed by atoms with E-state index in [2.05, 4.69) is 5.32 Å². The maximum absolute atomic E-state index is 13.4. The highest BCUT2D eigenvalue weighted by Crippen LogP contribution is 2.24. The number of anilines is 1. The van der Waals surface area contributed by atoms with Crippen molar-refractivity contribution in [1.82, 2.24) is 10.2 Å². The molecule has 0 aliphatic carbocycles. The molecule has 0 fully saturated rings. The van der Waals surface area contributed by atoms with Crippen molar-refractivity contribution in [2.45, 2.75) is 65.6 Å². The number of benzene rings is 2. The van der Waals surface area contributed by atoms with Crippen LogP contribution in [0.4, 0.5) is 5.69 Å². The average molecular weight is 518 g/mol. The summed E-state index contributed by atoms with van der Waals surface area (Å²) in [4.78, 5) is 28.0. The van der Waals surface area contributed by atoms with Crippen LogP contribution in [-0.4, -0.2) is 57.1 Å². The van der Waals surface area contributed by atoms with Gasteiger partial charge in [-0.15, -0.1) is 0 Å². The van der Waals surface area contributed by atoms with Gasteiger partial charge in [0.25, 0.3) is 0 Å². The monoisotopic (exact) mass is 517 g/mol. The van der Waals surface area contributed by atoms with E-state index < -0.39 is 16.1 Å². The van der Waals surface area contributed by atoms with E-state index in [0.29, 0.717) is 30.8 Å². The van der Waals surface area contributed by atoms with Crippen molar-refractivity contribution in [3.8, 4) is 5.75 Å². The Labute approximate surface area is 215 Å². The molecular weight excluding hydrogens is 478 g/mol. The zero-order chi connectivity index (χ0) is 26.9. The number of methoxy groups -OCH3 is 1. The summed E-state index contributed by atoms with van der Waals surface area (Å²) in [5.74, 6) is 0.160. The second-order valence-corrected chi connectivity index (χ2v) is 11.1. The van der Waals surface area contributed by atoms with Crippen LogP contribution < -0.4 is 14.4 Å². The van der Waals surface area contributed by atoms with Gasteiger partial charge in [0.2, 0.25) is 21.8 Å². The molecule has 2 rings (SSSR count). The molecule has 1 N–H and O–H groups in total. The van der Waals surface area contributed by atoms with Crippen molar-refractivity contribution < 1.29 is 22.7 Å². The quantitative estimate of drug-likeness (QED) is 0.435. The third-order valence-electron chi connectivity index (χ3n) is 5.75. The summed E-state index contributed by atoms with van der Waals surface area (Å²) in [5.41, 5.74) is 2.48. The highest BCUT2D eigenvalue weighted by atomic mass is 32.2. The number of rotatable bonds is 13. The number of nitrogens with one attached hydrogen (secondary N) is 1. The summed E-state index contributed by atoms with van der Waals surface area (Å²) in [6.45, 7) is 8.07. The molecule has 2 amide bonds. The van der Waals surface area contributed by atoms with E-state index >= 15 is 0 Å². The third-order valence-corrected chi connectivity index (χ3v) is 6.94. The van der Waals surface area contributed by atoms with Crippen LogP contribution in [-0.2, 0) is 26.2 Å². The van der Waals surface area contributed by atoms with Gasteiger partial charge in [-0.2, -0.15) is 0 Å². The van der Waals surface area contributed by atoms with Crippen LogP contribution in [0.25, 0.3) is 0 Å². The molecule has 2 aromatic rings. The molecule has 0 spiro atoms. The Balaban J connectivity index is 2.23. The Hall–Kier alpha value is -3.07. The molecule has 0 radical (unpaired) electrons. The van der Waals surface area contributed by atoms with Crippen LogP contribution in [0.1, 0.15) is 51.2 Å². The number of hydrogen-bond acceptors (Lipinski definition) is 5. The Morgan fingerprint density at radius 3 is 2.36 bits per heavy atom. The molecule has 0 aliphatic heterocycles. The summed E-state index contributed by atoms with van der Waals surface area (Å²) < 4.78 is 31.5. The standard InChI is InChI=1S/C27H39N3O5S/c1-7-25(27(32)28-20(2)3)29(19-22-12-8-11-21(4)17-22)26(31)15-10-16-30(36(6,33)34)23-13-9-14-24(18-23)35-5/h8-9,11-14,17-18,20,25H,7,10,15-16,19H2,1-6H3,(H,28,32)/t25-/m0/s1. The second kappa shape index (κ2) is 13.3. The van der Waals surface area contributed by atoms with E-state index in [1.165, 1.54) is 11.4 Å². The Morgan fingerprint density at radius 1 is 1.08 bits per heavy atom. The molecule has 0 saturated heterocycles. The number of ether oxygens (including phenoxy) is 1. The molecule has 1 atom stereocenters. The summed E-state index contributed by atoms with van der Waals surface area (Å²) >= 11 is 0. The lowest BCUT2D eigenvalue weighted by Gasteiger charge is -2.31. The normalized spacial score (nSPS) is 12.2. The molecular formula is C27H39N3O5S. The molecule has 0 unspecified atom stereocenters. The van der Waals surface area contributed by atoms with Gasteiger partial charge >= 0.3 is 0 Å². The summed E-state index contributed by atoms with van der Waals surface area (Å²) in [6, 6.07) is 14.0. The SMILES string of the molecule is CC[C@@H](C(=O)NC(C)C)N(Cc1cccc(C)c1)C(=O)CCCN(c1cccc(OC)c1)S(C)(=O)=O.